The van der Waals surface area contributed by atoms with Gasteiger partial charge in [-0.05, 0) is 46.9 Å². The Morgan fingerprint density at radius 1 is 1.10 bits per heavy atom. The van der Waals surface area contributed by atoms with Gasteiger partial charge >= 0.3 is 0 Å². The fourth-order valence-electron chi connectivity index (χ4n) is 2.08. The molecule has 1 heterocycles. The van der Waals surface area contributed by atoms with Gasteiger partial charge in [0, 0.05) is 19.7 Å². The van der Waals surface area contributed by atoms with Crippen molar-refractivity contribution in [3.05, 3.63) is 56.1 Å². The van der Waals surface area contributed by atoms with E-state index in [0.29, 0.717) is 27.2 Å². The average molecular weight is 431 g/mol. The van der Waals surface area contributed by atoms with Crippen molar-refractivity contribution >= 4 is 51.6 Å². The van der Waals surface area contributed by atoms with Gasteiger partial charge in [0.25, 0.3) is 0 Å². The Hall–Kier alpha value is -1.24. The Morgan fingerprint density at radius 2 is 1.90 bits per heavy atom. The Morgan fingerprint density at radius 3 is 2.62 bits per heavy atom. The minimum atomic E-state index is 0.299. The number of hydrogen-bond donors (Lipinski definition) is 1. The van der Waals surface area contributed by atoms with Crippen LogP contribution in [0, 0.1) is 3.57 Å². The first-order chi connectivity index (χ1) is 10.1. The summed E-state index contributed by atoms with van der Waals surface area (Å²) >= 11 is 14.5. The predicted molar refractivity (Wildman–Crippen MR) is 94.5 cm³/mol. The van der Waals surface area contributed by atoms with Crippen LogP contribution in [0.25, 0.3) is 22.5 Å². The maximum absolute atomic E-state index is 6.27. The highest BCUT2D eigenvalue weighted by Crippen LogP contribution is 2.40. The summed E-state index contributed by atoms with van der Waals surface area (Å²) in [4.78, 5) is 0. The largest absolute Gasteiger partial charge is 0.380 e. The molecule has 6 heteroatoms. The lowest BCUT2D eigenvalue weighted by Gasteiger charge is -2.06. The van der Waals surface area contributed by atoms with Gasteiger partial charge in [-0.25, -0.2) is 0 Å². The van der Waals surface area contributed by atoms with E-state index < -0.39 is 0 Å². The summed E-state index contributed by atoms with van der Waals surface area (Å²) in [5, 5.41) is 4.94. The molecule has 106 valence electrons. The molecular formula is C15H9Cl2IN2O. The molecule has 2 N–H and O–H groups in total. The molecule has 0 bridgehead atoms. The molecule has 0 amide bonds. The number of nitrogen functional groups attached to an aromatic ring is 1. The Balaban J connectivity index is 2.22. The molecule has 0 aliphatic carbocycles. The van der Waals surface area contributed by atoms with Gasteiger partial charge in [-0.3, -0.25) is 0 Å². The van der Waals surface area contributed by atoms with Crippen molar-refractivity contribution in [2.45, 2.75) is 0 Å². The first-order valence-electron chi connectivity index (χ1n) is 6.03. The molecule has 0 spiro atoms. The topological polar surface area (TPSA) is 52.0 Å². The lowest BCUT2D eigenvalue weighted by molar-refractivity contribution is 0.436. The van der Waals surface area contributed by atoms with Gasteiger partial charge in [0.05, 0.1) is 10.6 Å². The SMILES string of the molecule is Nc1noc(-c2cccc(I)c2)c1-c1ccc(Cl)cc1Cl. The van der Waals surface area contributed by atoms with Gasteiger partial charge in [0.15, 0.2) is 11.6 Å². The zero-order valence-corrected chi connectivity index (χ0v) is 14.3. The molecule has 0 saturated heterocycles. The summed E-state index contributed by atoms with van der Waals surface area (Å²) in [7, 11) is 0. The van der Waals surface area contributed by atoms with Crippen LogP contribution < -0.4 is 5.73 Å². The number of benzene rings is 2. The van der Waals surface area contributed by atoms with E-state index in [-0.39, 0.29) is 0 Å². The van der Waals surface area contributed by atoms with Crippen LogP contribution in [0.1, 0.15) is 0 Å². The van der Waals surface area contributed by atoms with Crippen molar-refractivity contribution in [2.75, 3.05) is 5.73 Å². The zero-order chi connectivity index (χ0) is 15.0. The molecule has 0 radical (unpaired) electrons. The first kappa shape index (κ1) is 14.7. The maximum atomic E-state index is 6.27. The molecule has 3 nitrogen and oxygen atoms in total. The van der Waals surface area contributed by atoms with Crippen LogP contribution in [-0.2, 0) is 0 Å². The van der Waals surface area contributed by atoms with Crippen LogP contribution in [0.2, 0.25) is 10.0 Å². The standard InChI is InChI=1S/C15H9Cl2IN2O/c16-9-4-5-11(12(17)7-9)13-14(21-20-15(13)19)8-2-1-3-10(18)6-8/h1-7H,(H2,19,20). The van der Waals surface area contributed by atoms with E-state index in [1.54, 1.807) is 12.1 Å². The van der Waals surface area contributed by atoms with E-state index in [1.165, 1.54) is 0 Å². The van der Waals surface area contributed by atoms with E-state index in [2.05, 4.69) is 27.7 Å². The van der Waals surface area contributed by atoms with Crippen molar-refractivity contribution in [3.8, 4) is 22.5 Å². The minimum Gasteiger partial charge on any atom is -0.380 e. The third kappa shape index (κ3) is 2.88. The van der Waals surface area contributed by atoms with E-state index in [4.69, 9.17) is 33.5 Å². The van der Waals surface area contributed by atoms with E-state index in [9.17, 15) is 0 Å². The summed E-state index contributed by atoms with van der Waals surface area (Å²) in [5.41, 5.74) is 8.28. The lowest BCUT2D eigenvalue weighted by Crippen LogP contribution is -1.90. The third-order valence-electron chi connectivity index (χ3n) is 3.01. The summed E-state index contributed by atoms with van der Waals surface area (Å²) in [5.74, 6) is 0.892. The zero-order valence-electron chi connectivity index (χ0n) is 10.6. The predicted octanol–water partition coefficient (Wildman–Crippen LogP) is 5.50. The van der Waals surface area contributed by atoms with Crippen LogP contribution in [0.15, 0.2) is 47.0 Å². The van der Waals surface area contributed by atoms with Crippen molar-refractivity contribution in [1.82, 2.24) is 5.16 Å². The number of hydrogen-bond acceptors (Lipinski definition) is 3. The number of nitrogens with two attached hydrogens (primary N) is 1. The number of aromatic nitrogens is 1. The second-order valence-corrected chi connectivity index (χ2v) is 6.50. The van der Waals surface area contributed by atoms with E-state index in [1.807, 2.05) is 30.3 Å². The van der Waals surface area contributed by atoms with Crippen molar-refractivity contribution in [3.63, 3.8) is 0 Å². The molecule has 0 aliphatic heterocycles. The van der Waals surface area contributed by atoms with E-state index in [0.717, 1.165) is 14.7 Å². The highest BCUT2D eigenvalue weighted by atomic mass is 127. The second kappa shape index (κ2) is 5.87. The molecule has 21 heavy (non-hydrogen) atoms. The fraction of sp³-hybridized carbons (Fsp3) is 0. The first-order valence-corrected chi connectivity index (χ1v) is 7.86. The molecule has 2 aromatic carbocycles. The summed E-state index contributed by atoms with van der Waals surface area (Å²) in [6.45, 7) is 0. The average Bonchev–Trinajstić information content (AvgIpc) is 2.81. The molecule has 0 atom stereocenters. The van der Waals surface area contributed by atoms with Gasteiger partial charge in [-0.1, -0.05) is 46.6 Å². The number of anilines is 1. The Labute approximate surface area is 145 Å². The summed E-state index contributed by atoms with van der Waals surface area (Å²) in [6, 6.07) is 13.1. The maximum Gasteiger partial charge on any atom is 0.177 e. The van der Waals surface area contributed by atoms with Gasteiger partial charge in [0.1, 0.15) is 0 Å². The van der Waals surface area contributed by atoms with Gasteiger partial charge in [-0.15, -0.1) is 0 Å². The molecule has 0 fully saturated rings. The Kier molecular flexibility index (Phi) is 4.10. The van der Waals surface area contributed by atoms with Crippen molar-refractivity contribution in [1.29, 1.82) is 0 Å². The molecule has 3 aromatic rings. The third-order valence-corrected chi connectivity index (χ3v) is 4.22. The van der Waals surface area contributed by atoms with Gasteiger partial charge in [0.2, 0.25) is 0 Å². The van der Waals surface area contributed by atoms with Gasteiger partial charge < -0.3 is 10.3 Å². The normalized spacial score (nSPS) is 10.8. The van der Waals surface area contributed by atoms with E-state index >= 15 is 0 Å². The molecule has 3 rings (SSSR count). The fourth-order valence-corrected chi connectivity index (χ4v) is 3.13. The Bertz CT molecular complexity index is 817. The van der Waals surface area contributed by atoms with Crippen LogP contribution in [0.3, 0.4) is 0 Å². The highest BCUT2D eigenvalue weighted by Gasteiger charge is 2.20. The second-order valence-electron chi connectivity index (χ2n) is 4.41. The molecular weight excluding hydrogens is 422 g/mol. The molecule has 0 aliphatic rings. The number of nitrogens with zero attached hydrogens (tertiary/aromatic N) is 1. The van der Waals surface area contributed by atoms with Gasteiger partial charge in [-0.2, -0.15) is 0 Å². The molecule has 1 aromatic heterocycles. The highest BCUT2D eigenvalue weighted by molar-refractivity contribution is 14.1. The van der Waals surface area contributed by atoms with Crippen LogP contribution in [-0.4, -0.2) is 5.16 Å². The number of halogens is 3. The van der Waals surface area contributed by atoms with Crippen molar-refractivity contribution in [2.24, 2.45) is 0 Å². The minimum absolute atomic E-state index is 0.299. The monoisotopic (exact) mass is 430 g/mol. The smallest absolute Gasteiger partial charge is 0.177 e. The molecule has 0 unspecified atom stereocenters. The van der Waals surface area contributed by atoms with Crippen LogP contribution in [0.5, 0.6) is 0 Å². The van der Waals surface area contributed by atoms with Crippen LogP contribution in [0.4, 0.5) is 5.82 Å². The van der Waals surface area contributed by atoms with Crippen molar-refractivity contribution < 1.29 is 4.52 Å². The van der Waals surface area contributed by atoms with Crippen LogP contribution >= 0.6 is 45.8 Å². The number of rotatable bonds is 2. The lowest BCUT2D eigenvalue weighted by atomic mass is 10.0. The quantitative estimate of drug-likeness (QED) is 0.546. The summed E-state index contributed by atoms with van der Waals surface area (Å²) in [6.07, 6.45) is 0. The molecule has 0 saturated carbocycles. The summed E-state index contributed by atoms with van der Waals surface area (Å²) < 4.78 is 6.50.